The second-order valence-corrected chi connectivity index (χ2v) is 7.65. The molecule has 2 aliphatic heterocycles. The molecule has 2 fully saturated rings. The molecule has 0 radical (unpaired) electrons. The van der Waals surface area contributed by atoms with Gasteiger partial charge in [-0.15, -0.1) is 0 Å². The van der Waals surface area contributed by atoms with Crippen LogP contribution in [0.25, 0.3) is 0 Å². The molecule has 110 valence electrons. The van der Waals surface area contributed by atoms with Crippen molar-refractivity contribution in [3.05, 3.63) is 0 Å². The first kappa shape index (κ1) is 14.6. The Balaban J connectivity index is 1.81. The highest BCUT2D eigenvalue weighted by atomic mass is 16.6. The zero-order valence-corrected chi connectivity index (χ0v) is 13.0. The van der Waals surface area contributed by atoms with Crippen LogP contribution in [-0.4, -0.2) is 42.3 Å². The van der Waals surface area contributed by atoms with E-state index in [0.717, 1.165) is 32.5 Å². The van der Waals surface area contributed by atoms with E-state index in [0.29, 0.717) is 17.4 Å². The molecule has 0 aromatic heterocycles. The minimum Gasteiger partial charge on any atom is -0.444 e. The van der Waals surface area contributed by atoms with Crippen molar-refractivity contribution in [3.8, 4) is 0 Å². The lowest BCUT2D eigenvalue weighted by Gasteiger charge is -2.51. The minimum absolute atomic E-state index is 0.160. The van der Waals surface area contributed by atoms with Gasteiger partial charge in [0.05, 0.1) is 0 Å². The van der Waals surface area contributed by atoms with Gasteiger partial charge in [-0.05, 0) is 44.9 Å². The van der Waals surface area contributed by atoms with Gasteiger partial charge in [0.25, 0.3) is 0 Å². The van der Waals surface area contributed by atoms with Gasteiger partial charge in [-0.3, -0.25) is 0 Å². The third-order valence-corrected chi connectivity index (χ3v) is 4.28. The molecule has 19 heavy (non-hydrogen) atoms. The molecule has 2 rings (SSSR count). The van der Waals surface area contributed by atoms with Gasteiger partial charge in [-0.1, -0.05) is 13.8 Å². The van der Waals surface area contributed by atoms with Gasteiger partial charge in [-0.25, -0.2) is 4.79 Å². The smallest absolute Gasteiger partial charge is 0.410 e. The Kier molecular flexibility index (Phi) is 3.83. The van der Waals surface area contributed by atoms with E-state index >= 15 is 0 Å². The Labute approximate surface area is 116 Å². The van der Waals surface area contributed by atoms with Crippen LogP contribution < -0.4 is 5.32 Å². The fraction of sp³-hybridized carbons (Fsp3) is 0.933. The lowest BCUT2D eigenvalue weighted by Crippen LogP contribution is -2.63. The summed E-state index contributed by atoms with van der Waals surface area (Å²) in [6.07, 6.45) is 2.01. The molecule has 1 N–H and O–H groups in total. The molecule has 2 saturated heterocycles. The number of rotatable bonds is 1. The van der Waals surface area contributed by atoms with Crippen LogP contribution in [-0.2, 0) is 4.74 Å². The number of hydrogen-bond acceptors (Lipinski definition) is 3. The number of carbonyl (C=O) groups excluding carboxylic acids is 1. The van der Waals surface area contributed by atoms with Crippen molar-refractivity contribution < 1.29 is 9.53 Å². The lowest BCUT2D eigenvalue weighted by atomic mass is 9.68. The van der Waals surface area contributed by atoms with Crippen LogP contribution >= 0.6 is 0 Å². The molecule has 0 spiro atoms. The number of ether oxygens (including phenoxy) is 1. The predicted octanol–water partition coefficient (Wildman–Crippen LogP) is 2.63. The molecule has 4 nitrogen and oxygen atoms in total. The molecule has 0 bridgehead atoms. The van der Waals surface area contributed by atoms with Crippen LogP contribution in [0.3, 0.4) is 0 Å². The van der Waals surface area contributed by atoms with E-state index in [1.54, 1.807) is 0 Å². The van der Waals surface area contributed by atoms with Crippen LogP contribution in [0.4, 0.5) is 4.79 Å². The molecule has 0 saturated carbocycles. The maximum Gasteiger partial charge on any atom is 0.410 e. The molecule has 1 unspecified atom stereocenters. The standard InChI is InChI=1S/C15H28N2O2/c1-14(2,3)19-13(18)17-8-6-11(7-9-17)12-15(4,5)10-16-12/h11-12,16H,6-10H2,1-5H3. The second kappa shape index (κ2) is 4.97. The Morgan fingerprint density at radius 2 is 1.84 bits per heavy atom. The third kappa shape index (κ3) is 3.41. The number of carbonyl (C=O) groups is 1. The first-order chi connectivity index (χ1) is 8.69. The molecular formula is C15H28N2O2. The van der Waals surface area contributed by atoms with Gasteiger partial charge in [0.15, 0.2) is 0 Å². The highest BCUT2D eigenvalue weighted by Gasteiger charge is 2.44. The van der Waals surface area contributed by atoms with Gasteiger partial charge in [0.2, 0.25) is 0 Å². The summed E-state index contributed by atoms with van der Waals surface area (Å²) < 4.78 is 5.43. The number of nitrogens with zero attached hydrogens (tertiary/aromatic N) is 1. The molecule has 0 aromatic rings. The Morgan fingerprint density at radius 3 is 2.21 bits per heavy atom. The average Bonchev–Trinajstić information content (AvgIpc) is 2.26. The van der Waals surface area contributed by atoms with Gasteiger partial charge >= 0.3 is 6.09 Å². The molecule has 1 atom stereocenters. The number of hydrogen-bond donors (Lipinski definition) is 1. The van der Waals surface area contributed by atoms with Crippen LogP contribution in [0, 0.1) is 11.3 Å². The summed E-state index contributed by atoms with van der Waals surface area (Å²) in [5.41, 5.74) is 0.0181. The Morgan fingerprint density at radius 1 is 1.26 bits per heavy atom. The maximum atomic E-state index is 12.0. The second-order valence-electron chi connectivity index (χ2n) is 7.65. The summed E-state index contributed by atoms with van der Waals surface area (Å²) in [6.45, 7) is 13.2. The fourth-order valence-corrected chi connectivity index (χ4v) is 3.17. The SMILES string of the molecule is CC(C)(C)OC(=O)N1CCC(C2NCC2(C)C)CC1. The summed E-state index contributed by atoms with van der Waals surface area (Å²) in [5.74, 6) is 0.697. The van der Waals surface area contributed by atoms with E-state index in [2.05, 4.69) is 19.2 Å². The van der Waals surface area contributed by atoms with Crippen LogP contribution in [0.15, 0.2) is 0 Å². The highest BCUT2D eigenvalue weighted by molar-refractivity contribution is 5.68. The summed E-state index contributed by atoms with van der Waals surface area (Å²) in [7, 11) is 0. The molecule has 2 heterocycles. The average molecular weight is 268 g/mol. The molecule has 0 aromatic carbocycles. The van der Waals surface area contributed by atoms with Gasteiger partial charge in [0, 0.05) is 25.7 Å². The van der Waals surface area contributed by atoms with E-state index in [4.69, 9.17) is 4.74 Å². The minimum atomic E-state index is -0.397. The lowest BCUT2D eigenvalue weighted by molar-refractivity contribution is 0.00500. The number of nitrogens with one attached hydrogen (secondary N) is 1. The van der Waals surface area contributed by atoms with Crippen molar-refractivity contribution >= 4 is 6.09 Å². The van der Waals surface area contributed by atoms with E-state index < -0.39 is 5.60 Å². The predicted molar refractivity (Wildman–Crippen MR) is 76.1 cm³/mol. The fourth-order valence-electron chi connectivity index (χ4n) is 3.17. The Bertz CT molecular complexity index is 339. The number of piperidine rings is 1. The van der Waals surface area contributed by atoms with Crippen molar-refractivity contribution in [1.29, 1.82) is 0 Å². The molecule has 2 aliphatic rings. The van der Waals surface area contributed by atoms with Crippen molar-refractivity contribution in [2.75, 3.05) is 19.6 Å². The monoisotopic (exact) mass is 268 g/mol. The van der Waals surface area contributed by atoms with Gasteiger partial charge in [0.1, 0.15) is 5.60 Å². The quantitative estimate of drug-likeness (QED) is 0.795. The highest BCUT2D eigenvalue weighted by Crippen LogP contribution is 2.37. The number of likely N-dealkylation sites (tertiary alicyclic amines) is 1. The molecular weight excluding hydrogens is 240 g/mol. The van der Waals surface area contributed by atoms with Crippen molar-refractivity contribution in [1.82, 2.24) is 10.2 Å². The summed E-state index contributed by atoms with van der Waals surface area (Å²) in [6, 6.07) is 0.619. The summed E-state index contributed by atoms with van der Waals surface area (Å²) >= 11 is 0. The van der Waals surface area contributed by atoms with Crippen molar-refractivity contribution in [2.24, 2.45) is 11.3 Å². The summed E-state index contributed by atoms with van der Waals surface area (Å²) in [4.78, 5) is 13.8. The Hall–Kier alpha value is -0.770. The van der Waals surface area contributed by atoms with Crippen LogP contribution in [0.1, 0.15) is 47.5 Å². The zero-order chi connectivity index (χ0) is 14.3. The van der Waals surface area contributed by atoms with Crippen molar-refractivity contribution in [3.63, 3.8) is 0 Å². The first-order valence-electron chi connectivity index (χ1n) is 7.40. The van der Waals surface area contributed by atoms with Gasteiger partial charge in [-0.2, -0.15) is 0 Å². The number of amides is 1. The first-order valence-corrected chi connectivity index (χ1v) is 7.40. The van der Waals surface area contributed by atoms with E-state index in [1.165, 1.54) is 0 Å². The largest absolute Gasteiger partial charge is 0.444 e. The van der Waals surface area contributed by atoms with Crippen LogP contribution in [0.2, 0.25) is 0 Å². The van der Waals surface area contributed by atoms with Gasteiger partial charge < -0.3 is 15.0 Å². The topological polar surface area (TPSA) is 41.6 Å². The van der Waals surface area contributed by atoms with Crippen LogP contribution in [0.5, 0.6) is 0 Å². The van der Waals surface area contributed by atoms with Crippen molar-refractivity contribution in [2.45, 2.75) is 59.1 Å². The maximum absolute atomic E-state index is 12.0. The van der Waals surface area contributed by atoms with E-state index in [9.17, 15) is 4.79 Å². The molecule has 1 amide bonds. The normalized spacial score (nSPS) is 27.8. The summed E-state index contributed by atoms with van der Waals surface area (Å²) in [5, 5.41) is 3.55. The zero-order valence-electron chi connectivity index (χ0n) is 13.0. The molecule has 0 aliphatic carbocycles. The molecule has 4 heteroatoms. The van der Waals surface area contributed by atoms with E-state index in [-0.39, 0.29) is 6.09 Å². The van der Waals surface area contributed by atoms with E-state index in [1.807, 2.05) is 25.7 Å². The third-order valence-electron chi connectivity index (χ3n) is 4.28.